The largest absolute Gasteiger partial charge is 0.457 e. The lowest BCUT2D eigenvalue weighted by Gasteiger charge is -2.23. The highest BCUT2D eigenvalue weighted by Crippen LogP contribution is 2.46. The van der Waals surface area contributed by atoms with Crippen LogP contribution in [-0.4, -0.2) is 12.4 Å². The van der Waals surface area contributed by atoms with Crippen LogP contribution in [0, 0.1) is 0 Å². The molecule has 0 heterocycles. The summed E-state index contributed by atoms with van der Waals surface area (Å²) in [4.78, 5) is 0. The van der Waals surface area contributed by atoms with Crippen molar-refractivity contribution in [1.82, 2.24) is 0 Å². The van der Waals surface area contributed by atoms with Crippen LogP contribution in [0.1, 0.15) is 11.5 Å². The Morgan fingerprint density at radius 1 is 0.474 bits per heavy atom. The maximum absolute atomic E-state index is 12.3. The highest BCUT2D eigenvalue weighted by molar-refractivity contribution is 5.46. The van der Waals surface area contributed by atoms with E-state index in [9.17, 15) is 26.3 Å². The van der Waals surface area contributed by atoms with E-state index in [0.717, 1.165) is 35.8 Å². The van der Waals surface area contributed by atoms with E-state index in [4.69, 9.17) is 26.7 Å². The quantitative estimate of drug-likeness (QED) is 0.178. The summed E-state index contributed by atoms with van der Waals surface area (Å²) < 4.78 is 85.1. The van der Waals surface area contributed by atoms with Crippen LogP contribution in [0.15, 0.2) is 97.1 Å². The molecule has 0 saturated carbocycles. The van der Waals surface area contributed by atoms with Crippen LogP contribution < -0.4 is 26.7 Å². The molecular weight excluding hydrogens is 512 g/mol. The summed E-state index contributed by atoms with van der Waals surface area (Å²) in [7, 11) is 0. The number of hydrogen-bond acceptors (Lipinski definition) is 5. The number of nitrogen functional groups attached to an aromatic ring is 3. The Kier molecular flexibility index (Phi) is 8.61. The molecule has 11 heteroatoms. The van der Waals surface area contributed by atoms with Crippen molar-refractivity contribution in [3.63, 3.8) is 0 Å². The molecule has 4 aromatic rings. The van der Waals surface area contributed by atoms with Crippen LogP contribution in [0.2, 0.25) is 0 Å². The summed E-state index contributed by atoms with van der Waals surface area (Å²) in [6, 6.07) is 25.4. The van der Waals surface area contributed by atoms with E-state index < -0.39 is 23.8 Å². The molecule has 0 aliphatic carbocycles. The lowest BCUT2D eigenvalue weighted by molar-refractivity contribution is -0.253. The third-order valence-electron chi connectivity index (χ3n) is 4.96. The molecule has 0 saturated heterocycles. The minimum atomic E-state index is -5.37. The van der Waals surface area contributed by atoms with E-state index in [1.165, 1.54) is 0 Å². The average molecular weight is 535 g/mol. The molecule has 0 aliphatic heterocycles. The molecule has 6 N–H and O–H groups in total. The van der Waals surface area contributed by atoms with Crippen molar-refractivity contribution in [1.29, 1.82) is 0 Å². The van der Waals surface area contributed by atoms with Gasteiger partial charge in [-0.2, -0.15) is 26.3 Å². The zero-order valence-electron chi connectivity index (χ0n) is 19.6. The number of anilines is 3. The second-order valence-electron chi connectivity index (χ2n) is 8.00. The van der Waals surface area contributed by atoms with Crippen molar-refractivity contribution in [2.24, 2.45) is 0 Å². The van der Waals surface area contributed by atoms with Gasteiger partial charge in [0.05, 0.1) is 0 Å². The first kappa shape index (κ1) is 28.0. The minimum Gasteiger partial charge on any atom is -0.457 e. The second kappa shape index (κ2) is 11.7. The predicted molar refractivity (Wildman–Crippen MR) is 134 cm³/mol. The summed E-state index contributed by atoms with van der Waals surface area (Å²) in [6.45, 7) is 0. The minimum absolute atomic E-state index is 0.104. The van der Waals surface area contributed by atoms with E-state index in [-0.39, 0.29) is 5.69 Å². The standard InChI is InChI=1S/C18H16N2O2.C9H7F6N/c19-13-4-8-15(9-5-13)21-17-2-1-3-18(12-17)22-16-10-6-14(20)7-11-16;10-8(11,12)7(9(13,14)15)5-1-3-6(16)4-2-5/h1-12H,19-20H2;1-4,7H,16H2. The van der Waals surface area contributed by atoms with Crippen molar-refractivity contribution in [3.8, 4) is 23.0 Å². The number of benzene rings is 4. The van der Waals surface area contributed by atoms with Gasteiger partial charge >= 0.3 is 12.4 Å². The van der Waals surface area contributed by atoms with Crippen molar-refractivity contribution in [3.05, 3.63) is 103 Å². The molecule has 0 fully saturated rings. The van der Waals surface area contributed by atoms with Gasteiger partial charge in [-0.3, -0.25) is 0 Å². The monoisotopic (exact) mass is 535 g/mol. The van der Waals surface area contributed by atoms with Crippen molar-refractivity contribution >= 4 is 17.1 Å². The third kappa shape index (κ3) is 8.26. The van der Waals surface area contributed by atoms with E-state index in [0.29, 0.717) is 22.9 Å². The summed E-state index contributed by atoms with van der Waals surface area (Å²) >= 11 is 0. The molecule has 0 aromatic heterocycles. The molecule has 38 heavy (non-hydrogen) atoms. The molecule has 5 nitrogen and oxygen atoms in total. The Labute approximate surface area is 214 Å². The molecule has 200 valence electrons. The van der Waals surface area contributed by atoms with Gasteiger partial charge in [0, 0.05) is 23.1 Å². The smallest absolute Gasteiger partial charge is 0.404 e. The van der Waals surface area contributed by atoms with Gasteiger partial charge in [0.2, 0.25) is 0 Å². The van der Waals surface area contributed by atoms with E-state index >= 15 is 0 Å². The molecular formula is C27H23F6N3O2. The first-order valence-electron chi connectivity index (χ1n) is 11.0. The fraction of sp³-hybridized carbons (Fsp3) is 0.111. The van der Waals surface area contributed by atoms with Crippen molar-refractivity contribution < 1.29 is 35.8 Å². The molecule has 0 radical (unpaired) electrons. The highest BCUT2D eigenvalue weighted by Gasteiger charge is 2.57. The van der Waals surface area contributed by atoms with Crippen LogP contribution in [0.4, 0.5) is 43.4 Å². The molecule has 0 spiro atoms. The Morgan fingerprint density at radius 3 is 1.16 bits per heavy atom. The zero-order chi connectivity index (χ0) is 27.9. The van der Waals surface area contributed by atoms with Gasteiger partial charge in [-0.1, -0.05) is 18.2 Å². The predicted octanol–water partition coefficient (Wildman–Crippen LogP) is 7.91. The van der Waals surface area contributed by atoms with Crippen molar-refractivity contribution in [2.75, 3.05) is 17.2 Å². The molecule has 0 aliphatic rings. The summed E-state index contributed by atoms with van der Waals surface area (Å²) in [5.74, 6) is -0.645. The number of nitrogens with two attached hydrogens (primary N) is 3. The molecule has 4 aromatic carbocycles. The van der Waals surface area contributed by atoms with Gasteiger partial charge < -0.3 is 26.7 Å². The highest BCUT2D eigenvalue weighted by atomic mass is 19.4. The maximum Gasteiger partial charge on any atom is 0.404 e. The maximum atomic E-state index is 12.3. The van der Waals surface area contributed by atoms with Gasteiger partial charge in [-0.25, -0.2) is 0 Å². The Morgan fingerprint density at radius 2 is 0.816 bits per heavy atom. The van der Waals surface area contributed by atoms with Crippen LogP contribution in [0.25, 0.3) is 0 Å². The number of rotatable bonds is 5. The average Bonchev–Trinajstić information content (AvgIpc) is 2.82. The normalized spacial score (nSPS) is 11.4. The topological polar surface area (TPSA) is 96.5 Å². The van der Waals surface area contributed by atoms with Gasteiger partial charge in [0.15, 0.2) is 5.92 Å². The molecule has 4 rings (SSSR count). The van der Waals surface area contributed by atoms with Gasteiger partial charge in [-0.15, -0.1) is 0 Å². The van der Waals surface area contributed by atoms with Crippen LogP contribution in [0.5, 0.6) is 23.0 Å². The number of hydrogen-bond donors (Lipinski definition) is 3. The lowest BCUT2D eigenvalue weighted by atomic mass is 9.98. The fourth-order valence-electron chi connectivity index (χ4n) is 3.20. The van der Waals surface area contributed by atoms with Crippen molar-refractivity contribution in [2.45, 2.75) is 18.3 Å². The fourth-order valence-corrected chi connectivity index (χ4v) is 3.20. The Balaban J connectivity index is 0.000000223. The van der Waals surface area contributed by atoms with Crippen LogP contribution >= 0.6 is 0 Å². The van der Waals surface area contributed by atoms with E-state index in [1.54, 1.807) is 24.3 Å². The van der Waals surface area contributed by atoms with E-state index in [2.05, 4.69) is 0 Å². The first-order chi connectivity index (χ1) is 17.8. The van der Waals surface area contributed by atoms with Crippen LogP contribution in [-0.2, 0) is 0 Å². The summed E-state index contributed by atoms with van der Waals surface area (Å²) in [6.07, 6.45) is -10.7. The SMILES string of the molecule is Nc1ccc(C(C(F)(F)F)C(F)(F)F)cc1.Nc1ccc(Oc2cccc(Oc3ccc(N)cc3)c2)cc1. The van der Waals surface area contributed by atoms with Gasteiger partial charge in [-0.05, 0) is 78.4 Å². The Hall–Kier alpha value is -4.54. The lowest BCUT2D eigenvalue weighted by Crippen LogP contribution is -2.34. The van der Waals surface area contributed by atoms with E-state index in [1.807, 2.05) is 48.5 Å². The number of alkyl halides is 6. The molecule has 0 bridgehead atoms. The second-order valence-corrected chi connectivity index (χ2v) is 8.00. The number of halogens is 6. The molecule has 0 unspecified atom stereocenters. The summed E-state index contributed by atoms with van der Waals surface area (Å²) in [5.41, 5.74) is 17.1. The Bertz CT molecular complexity index is 1230. The molecule has 0 atom stereocenters. The molecule has 0 amide bonds. The van der Waals surface area contributed by atoms with Crippen LogP contribution in [0.3, 0.4) is 0 Å². The first-order valence-corrected chi connectivity index (χ1v) is 11.0. The number of ether oxygens (including phenoxy) is 2. The van der Waals surface area contributed by atoms with Gasteiger partial charge in [0.1, 0.15) is 23.0 Å². The third-order valence-corrected chi connectivity index (χ3v) is 4.96. The summed E-state index contributed by atoms with van der Waals surface area (Å²) in [5, 5.41) is 0. The van der Waals surface area contributed by atoms with Gasteiger partial charge in [0.25, 0.3) is 0 Å². The zero-order valence-corrected chi connectivity index (χ0v) is 19.6.